The fourth-order valence-corrected chi connectivity index (χ4v) is 5.53. The van der Waals surface area contributed by atoms with Crippen LogP contribution in [0.25, 0.3) is 0 Å². The van der Waals surface area contributed by atoms with Crippen molar-refractivity contribution in [2.75, 3.05) is 10.6 Å². The topological polar surface area (TPSA) is 82.0 Å². The number of halogens is 6. The van der Waals surface area contributed by atoms with E-state index in [1.54, 1.807) is 43.3 Å². The number of anilines is 2. The molecule has 0 saturated heterocycles. The molecule has 5 nitrogen and oxygen atoms in total. The molecule has 2 amide bonds. The Kier molecular flexibility index (Phi) is 7.69. The summed E-state index contributed by atoms with van der Waals surface area (Å²) in [5.74, 6) is -2.31. The van der Waals surface area contributed by atoms with Crippen LogP contribution in [0.3, 0.4) is 0 Å². The number of amides is 2. The van der Waals surface area contributed by atoms with Gasteiger partial charge in [0.25, 0.3) is 5.91 Å². The fraction of sp³-hybridized carbons (Fsp3) is 0.160. The van der Waals surface area contributed by atoms with Crippen LogP contribution in [0.4, 0.5) is 11.4 Å². The molecule has 0 heterocycles. The Labute approximate surface area is 237 Å². The molecule has 1 aliphatic rings. The van der Waals surface area contributed by atoms with Crippen molar-refractivity contribution in [1.82, 2.24) is 0 Å². The smallest absolute Gasteiger partial charge is 0.257 e. The summed E-state index contributed by atoms with van der Waals surface area (Å²) in [6.45, 7) is 1.77. The van der Waals surface area contributed by atoms with Gasteiger partial charge in [0.15, 0.2) is 0 Å². The lowest BCUT2D eigenvalue weighted by atomic mass is 10.1. The van der Waals surface area contributed by atoms with Crippen LogP contribution >= 0.6 is 69.6 Å². The zero-order chi connectivity index (χ0) is 26.4. The first-order valence-corrected chi connectivity index (χ1v) is 12.7. The van der Waals surface area contributed by atoms with Crippen LogP contribution in [-0.2, 0) is 4.79 Å². The Morgan fingerprint density at radius 1 is 0.917 bits per heavy atom. The number of hydrogen-bond donors (Lipinski definition) is 2. The van der Waals surface area contributed by atoms with Crippen LogP contribution in [0.5, 0.6) is 0 Å². The van der Waals surface area contributed by atoms with Crippen molar-refractivity contribution >= 4 is 92.8 Å². The predicted octanol–water partition coefficient (Wildman–Crippen LogP) is 8.26. The summed E-state index contributed by atoms with van der Waals surface area (Å²) in [7, 11) is 0. The minimum Gasteiger partial charge on any atom is -0.326 e. The number of hydrogen-bond acceptors (Lipinski definition) is 3. The second kappa shape index (κ2) is 10.3. The zero-order valence-corrected chi connectivity index (χ0v) is 22.8. The molecular weight excluding hydrogens is 587 g/mol. The van der Waals surface area contributed by atoms with Crippen molar-refractivity contribution in [3.63, 3.8) is 0 Å². The van der Waals surface area contributed by atoms with E-state index in [0.717, 1.165) is 0 Å². The monoisotopic (exact) mass is 599 g/mol. The Morgan fingerprint density at radius 2 is 1.58 bits per heavy atom. The van der Waals surface area contributed by atoms with Gasteiger partial charge < -0.3 is 10.6 Å². The van der Waals surface area contributed by atoms with Crippen molar-refractivity contribution in [1.29, 1.82) is 5.26 Å². The minimum atomic E-state index is -1.38. The van der Waals surface area contributed by atoms with Gasteiger partial charge in [-0.05, 0) is 66.6 Å². The molecule has 3 aromatic carbocycles. The average molecular weight is 602 g/mol. The molecule has 2 atom stereocenters. The molecule has 0 aliphatic heterocycles. The Morgan fingerprint density at radius 3 is 2.19 bits per heavy atom. The molecule has 36 heavy (non-hydrogen) atoms. The molecule has 1 aliphatic carbocycles. The van der Waals surface area contributed by atoms with Gasteiger partial charge in [0.2, 0.25) is 5.91 Å². The van der Waals surface area contributed by atoms with E-state index in [1.165, 1.54) is 12.1 Å². The summed E-state index contributed by atoms with van der Waals surface area (Å²) < 4.78 is -1.38. The van der Waals surface area contributed by atoms with Gasteiger partial charge in [-0.1, -0.05) is 46.4 Å². The summed E-state index contributed by atoms with van der Waals surface area (Å²) in [5, 5.41) is 15.4. The van der Waals surface area contributed by atoms with E-state index in [9.17, 15) is 9.59 Å². The second-order valence-electron chi connectivity index (χ2n) is 8.21. The number of benzene rings is 3. The first kappa shape index (κ1) is 26.9. The molecule has 0 unspecified atom stereocenters. The van der Waals surface area contributed by atoms with E-state index < -0.39 is 28.0 Å². The number of carbonyl (C=O) groups excluding carboxylic acids is 2. The SMILES string of the molecule is Cc1cc(C#N)ccc1NC(=O)c1cc(NC(=O)[C@H]2[C@H](c3cc(Cl)c(Cl)c(Cl)c3)C2(Cl)Cl)ccc1Cl. The number of nitrogens with zero attached hydrogens (tertiary/aromatic N) is 1. The highest BCUT2D eigenvalue weighted by molar-refractivity contribution is 6.54. The molecule has 11 heteroatoms. The quantitative estimate of drug-likeness (QED) is 0.228. The van der Waals surface area contributed by atoms with Gasteiger partial charge in [0.05, 0.1) is 43.2 Å². The van der Waals surface area contributed by atoms with Crippen molar-refractivity contribution in [3.8, 4) is 6.07 Å². The Balaban J connectivity index is 1.52. The van der Waals surface area contributed by atoms with Crippen molar-refractivity contribution < 1.29 is 9.59 Å². The first-order chi connectivity index (χ1) is 16.9. The molecule has 4 rings (SSSR count). The Bertz CT molecular complexity index is 1430. The van der Waals surface area contributed by atoms with Gasteiger partial charge in [-0.25, -0.2) is 0 Å². The highest BCUT2D eigenvalue weighted by Crippen LogP contribution is 2.65. The third-order valence-corrected chi connectivity index (χ3v) is 8.25. The van der Waals surface area contributed by atoms with Crippen LogP contribution in [0.2, 0.25) is 20.1 Å². The maximum atomic E-state index is 13.0. The van der Waals surface area contributed by atoms with Gasteiger partial charge in [-0.2, -0.15) is 5.26 Å². The molecule has 1 fully saturated rings. The van der Waals surface area contributed by atoms with E-state index in [2.05, 4.69) is 10.6 Å². The number of nitriles is 1. The van der Waals surface area contributed by atoms with E-state index in [0.29, 0.717) is 28.1 Å². The molecular formula is C25H15Cl6N3O2. The lowest BCUT2D eigenvalue weighted by molar-refractivity contribution is -0.117. The van der Waals surface area contributed by atoms with E-state index >= 15 is 0 Å². The van der Waals surface area contributed by atoms with Gasteiger partial charge in [0, 0.05) is 17.3 Å². The number of alkyl halides is 2. The average Bonchev–Trinajstić information content (AvgIpc) is 3.41. The largest absolute Gasteiger partial charge is 0.326 e. The molecule has 0 aromatic heterocycles. The number of carbonyl (C=O) groups is 2. The van der Waals surface area contributed by atoms with Crippen LogP contribution in [0.15, 0.2) is 48.5 Å². The first-order valence-electron chi connectivity index (χ1n) is 10.4. The summed E-state index contributed by atoms with van der Waals surface area (Å²) in [5.41, 5.74) is 2.77. The number of aryl methyl sites for hydroxylation is 1. The Hall–Kier alpha value is -2.17. The highest BCUT2D eigenvalue weighted by Gasteiger charge is 2.67. The van der Waals surface area contributed by atoms with E-state index in [-0.39, 0.29) is 25.7 Å². The van der Waals surface area contributed by atoms with Crippen molar-refractivity contribution in [3.05, 3.63) is 90.9 Å². The molecule has 0 radical (unpaired) electrons. The lowest BCUT2D eigenvalue weighted by Gasteiger charge is -2.12. The second-order valence-corrected chi connectivity index (χ2v) is 11.3. The van der Waals surface area contributed by atoms with Crippen LogP contribution in [0.1, 0.15) is 33.0 Å². The lowest BCUT2D eigenvalue weighted by Crippen LogP contribution is -2.18. The van der Waals surface area contributed by atoms with Crippen LogP contribution in [-0.4, -0.2) is 16.1 Å². The van der Waals surface area contributed by atoms with Crippen molar-refractivity contribution in [2.45, 2.75) is 17.2 Å². The van der Waals surface area contributed by atoms with E-state index in [4.69, 9.17) is 74.9 Å². The fourth-order valence-electron chi connectivity index (χ4n) is 3.88. The number of rotatable bonds is 5. The summed E-state index contributed by atoms with van der Waals surface area (Å²) in [4.78, 5) is 25.9. The molecule has 184 valence electrons. The molecule has 0 spiro atoms. The predicted molar refractivity (Wildman–Crippen MR) is 146 cm³/mol. The third kappa shape index (κ3) is 5.26. The van der Waals surface area contributed by atoms with Gasteiger partial charge in [0.1, 0.15) is 4.33 Å². The van der Waals surface area contributed by atoms with Gasteiger partial charge in [-0.3, -0.25) is 9.59 Å². The molecule has 0 bridgehead atoms. The van der Waals surface area contributed by atoms with Crippen molar-refractivity contribution in [2.24, 2.45) is 5.92 Å². The highest BCUT2D eigenvalue weighted by atomic mass is 35.5. The number of nitrogens with one attached hydrogen (secondary N) is 2. The third-order valence-electron chi connectivity index (χ3n) is 5.78. The van der Waals surface area contributed by atoms with Gasteiger partial charge >= 0.3 is 0 Å². The van der Waals surface area contributed by atoms with E-state index in [1.807, 2.05) is 6.07 Å². The molecule has 1 saturated carbocycles. The zero-order valence-electron chi connectivity index (χ0n) is 18.3. The maximum absolute atomic E-state index is 13.0. The standard InChI is InChI=1S/C25H15Cl6N3O2/c1-11-6-12(10-32)2-5-19(11)34-23(35)15-9-14(3-4-16(15)26)33-24(36)21-20(25(21,30)31)13-7-17(27)22(29)18(28)8-13/h2-9,20-21H,1H3,(H,33,36)(H,34,35)/t20-,21+/m0/s1. The minimum absolute atomic E-state index is 0.143. The van der Waals surface area contributed by atoms with Gasteiger partial charge in [-0.15, -0.1) is 23.2 Å². The maximum Gasteiger partial charge on any atom is 0.257 e. The summed E-state index contributed by atoms with van der Waals surface area (Å²) in [6.07, 6.45) is 0. The van der Waals surface area contributed by atoms with Crippen LogP contribution < -0.4 is 10.6 Å². The van der Waals surface area contributed by atoms with Crippen LogP contribution in [0, 0.1) is 24.2 Å². The molecule has 2 N–H and O–H groups in total. The molecule has 3 aromatic rings. The summed E-state index contributed by atoms with van der Waals surface area (Å²) in [6, 6.07) is 14.6. The summed E-state index contributed by atoms with van der Waals surface area (Å²) >= 11 is 37.4. The normalized spacial score (nSPS) is 17.7.